The van der Waals surface area contributed by atoms with Crippen molar-refractivity contribution in [2.75, 3.05) is 19.1 Å². The quantitative estimate of drug-likeness (QED) is 0.272. The summed E-state index contributed by atoms with van der Waals surface area (Å²) in [7, 11) is 3.31. The molecule has 0 unspecified atom stereocenters. The molecule has 1 aromatic heterocycles. The van der Waals surface area contributed by atoms with Gasteiger partial charge >= 0.3 is 0 Å². The lowest BCUT2D eigenvalue weighted by Gasteiger charge is -2.44. The molecule has 0 saturated carbocycles. The van der Waals surface area contributed by atoms with Crippen molar-refractivity contribution in [3.8, 4) is 28.3 Å². The van der Waals surface area contributed by atoms with Crippen LogP contribution < -0.4 is 14.4 Å². The Bertz CT molecular complexity index is 1420. The third kappa shape index (κ3) is 3.62. The third-order valence-electron chi connectivity index (χ3n) is 6.54. The van der Waals surface area contributed by atoms with Crippen molar-refractivity contribution in [1.29, 1.82) is 0 Å². The Morgan fingerprint density at radius 2 is 1.65 bits per heavy atom. The predicted molar refractivity (Wildman–Crippen MR) is 143 cm³/mol. The van der Waals surface area contributed by atoms with Crippen molar-refractivity contribution >= 4 is 29.4 Å². The van der Waals surface area contributed by atoms with Crippen molar-refractivity contribution in [2.45, 2.75) is 32.9 Å². The average molecular weight is 489 g/mol. The Morgan fingerprint density at radius 1 is 0.912 bits per heavy atom. The molecule has 34 heavy (non-hydrogen) atoms. The van der Waals surface area contributed by atoms with Gasteiger partial charge in [-0.1, -0.05) is 65.7 Å². The standard InChI is InChI=1S/C28H28N2O2S2/c1-18-11-13-22-21(15-18)25-26(28(2,3)29(22)17-19-9-7-6-8-10-19)34-30(27(25)33)20-12-14-23(31-4)24(16-20)32-5/h6-16H,17H2,1-5H3. The SMILES string of the molecule is COc1ccc(-n2sc3c(c2=S)-c2cc(C)ccc2N(Cc2ccccc2)C3(C)C)cc1OC. The highest BCUT2D eigenvalue weighted by Crippen LogP contribution is 2.52. The molecular weight excluding hydrogens is 460 g/mol. The second-order valence-electron chi connectivity index (χ2n) is 9.09. The number of anilines is 1. The van der Waals surface area contributed by atoms with Crippen LogP contribution in [0, 0.1) is 11.6 Å². The summed E-state index contributed by atoms with van der Waals surface area (Å²) in [6.45, 7) is 7.55. The molecule has 0 bridgehead atoms. The molecule has 6 heteroatoms. The zero-order chi connectivity index (χ0) is 24.0. The Morgan fingerprint density at radius 3 is 2.35 bits per heavy atom. The molecule has 0 saturated heterocycles. The predicted octanol–water partition coefficient (Wildman–Crippen LogP) is 7.52. The van der Waals surface area contributed by atoms with Gasteiger partial charge in [-0.25, -0.2) is 0 Å². The first-order valence-corrected chi connectivity index (χ1v) is 12.4. The molecular formula is C28H28N2O2S2. The van der Waals surface area contributed by atoms with Gasteiger partial charge in [0.1, 0.15) is 4.64 Å². The number of ether oxygens (including phenoxy) is 2. The molecule has 0 spiro atoms. The van der Waals surface area contributed by atoms with E-state index in [9.17, 15) is 0 Å². The van der Waals surface area contributed by atoms with E-state index >= 15 is 0 Å². The number of rotatable bonds is 5. The summed E-state index contributed by atoms with van der Waals surface area (Å²) >= 11 is 7.82. The zero-order valence-electron chi connectivity index (χ0n) is 20.1. The number of nitrogens with zero attached hydrogens (tertiary/aromatic N) is 2. The number of methoxy groups -OCH3 is 2. The molecule has 5 rings (SSSR count). The van der Waals surface area contributed by atoms with Crippen LogP contribution in [-0.2, 0) is 12.1 Å². The molecule has 0 aliphatic carbocycles. The molecule has 3 aromatic carbocycles. The molecule has 4 aromatic rings. The fraction of sp³-hybridized carbons (Fsp3) is 0.250. The molecule has 0 radical (unpaired) electrons. The molecule has 1 aliphatic rings. The van der Waals surface area contributed by atoms with E-state index in [0.29, 0.717) is 11.5 Å². The minimum absolute atomic E-state index is 0.243. The van der Waals surface area contributed by atoms with Crippen molar-refractivity contribution < 1.29 is 9.47 Å². The molecule has 0 amide bonds. The van der Waals surface area contributed by atoms with E-state index in [1.165, 1.54) is 27.3 Å². The zero-order valence-corrected chi connectivity index (χ0v) is 21.7. The van der Waals surface area contributed by atoms with Gasteiger partial charge in [-0.15, -0.1) is 0 Å². The molecule has 1 aliphatic heterocycles. The number of fused-ring (bicyclic) bond motifs is 3. The van der Waals surface area contributed by atoms with E-state index in [-0.39, 0.29) is 5.54 Å². The fourth-order valence-corrected chi connectivity index (χ4v) is 6.41. The van der Waals surface area contributed by atoms with E-state index < -0.39 is 0 Å². The second kappa shape index (κ2) is 8.60. The summed E-state index contributed by atoms with van der Waals surface area (Å²) in [4.78, 5) is 3.77. The van der Waals surface area contributed by atoms with Crippen LogP contribution in [0.3, 0.4) is 0 Å². The first kappa shape index (κ1) is 22.7. The molecule has 0 atom stereocenters. The first-order chi connectivity index (χ1) is 16.3. The molecule has 174 valence electrons. The van der Waals surface area contributed by atoms with Crippen LogP contribution in [0.4, 0.5) is 5.69 Å². The van der Waals surface area contributed by atoms with Crippen molar-refractivity contribution in [3.63, 3.8) is 0 Å². The van der Waals surface area contributed by atoms with Gasteiger partial charge in [0, 0.05) is 29.4 Å². The van der Waals surface area contributed by atoms with Crippen LogP contribution in [0.15, 0.2) is 66.7 Å². The van der Waals surface area contributed by atoms with Gasteiger partial charge in [0.05, 0.1) is 30.3 Å². The van der Waals surface area contributed by atoms with Crippen molar-refractivity contribution in [3.05, 3.63) is 87.4 Å². The molecule has 0 fully saturated rings. The van der Waals surface area contributed by atoms with E-state index in [4.69, 9.17) is 21.7 Å². The van der Waals surface area contributed by atoms with Crippen LogP contribution in [-0.4, -0.2) is 18.2 Å². The summed E-state index contributed by atoms with van der Waals surface area (Å²) in [5, 5.41) is 0. The summed E-state index contributed by atoms with van der Waals surface area (Å²) < 4.78 is 14.0. The number of hydrogen-bond acceptors (Lipinski definition) is 5. The van der Waals surface area contributed by atoms with Crippen LogP contribution in [0.2, 0.25) is 0 Å². The summed E-state index contributed by atoms with van der Waals surface area (Å²) in [6.07, 6.45) is 0. The van der Waals surface area contributed by atoms with E-state index in [1.807, 2.05) is 18.2 Å². The molecule has 0 N–H and O–H groups in total. The highest BCUT2D eigenvalue weighted by molar-refractivity contribution is 7.71. The van der Waals surface area contributed by atoms with Crippen LogP contribution >= 0.6 is 23.8 Å². The monoisotopic (exact) mass is 488 g/mol. The maximum Gasteiger partial charge on any atom is 0.162 e. The second-order valence-corrected chi connectivity index (χ2v) is 10.4. The van der Waals surface area contributed by atoms with Gasteiger partial charge in [-0.2, -0.15) is 0 Å². The Labute approximate surface area is 210 Å². The van der Waals surface area contributed by atoms with Gasteiger partial charge in [-0.05, 0) is 50.6 Å². The fourth-order valence-electron chi connectivity index (χ4n) is 4.71. The van der Waals surface area contributed by atoms with E-state index in [1.54, 1.807) is 25.8 Å². The normalized spacial score (nSPS) is 13.9. The van der Waals surface area contributed by atoms with E-state index in [2.05, 4.69) is 78.2 Å². The van der Waals surface area contributed by atoms with Crippen LogP contribution in [0.25, 0.3) is 16.8 Å². The Hall–Kier alpha value is -3.09. The van der Waals surface area contributed by atoms with Gasteiger partial charge in [0.15, 0.2) is 11.5 Å². The minimum atomic E-state index is -0.243. The van der Waals surface area contributed by atoms with Crippen LogP contribution in [0.1, 0.15) is 29.9 Å². The lowest BCUT2D eigenvalue weighted by molar-refractivity contribution is 0.355. The average Bonchev–Trinajstić information content (AvgIpc) is 3.20. The van der Waals surface area contributed by atoms with Crippen molar-refractivity contribution in [2.24, 2.45) is 0 Å². The van der Waals surface area contributed by atoms with Gasteiger partial charge in [0.2, 0.25) is 0 Å². The smallest absolute Gasteiger partial charge is 0.162 e. The molecule has 2 heterocycles. The number of hydrogen-bond donors (Lipinski definition) is 0. The Balaban J connectivity index is 1.72. The van der Waals surface area contributed by atoms with E-state index in [0.717, 1.165) is 22.4 Å². The van der Waals surface area contributed by atoms with Crippen LogP contribution in [0.5, 0.6) is 11.5 Å². The van der Waals surface area contributed by atoms with Crippen molar-refractivity contribution in [1.82, 2.24) is 3.96 Å². The lowest BCUT2D eigenvalue weighted by Crippen LogP contribution is -2.43. The maximum absolute atomic E-state index is 6.11. The summed E-state index contributed by atoms with van der Waals surface area (Å²) in [6, 6.07) is 23.3. The number of aromatic nitrogens is 1. The highest BCUT2D eigenvalue weighted by atomic mass is 32.1. The lowest BCUT2D eigenvalue weighted by atomic mass is 9.86. The minimum Gasteiger partial charge on any atom is -0.493 e. The largest absolute Gasteiger partial charge is 0.493 e. The molecule has 4 nitrogen and oxygen atoms in total. The first-order valence-electron chi connectivity index (χ1n) is 11.3. The van der Waals surface area contributed by atoms with Gasteiger partial charge < -0.3 is 14.4 Å². The number of benzene rings is 3. The highest BCUT2D eigenvalue weighted by Gasteiger charge is 2.40. The number of aryl methyl sites for hydroxylation is 1. The van der Waals surface area contributed by atoms with Gasteiger partial charge in [0.25, 0.3) is 0 Å². The Kier molecular flexibility index (Phi) is 5.74. The summed E-state index contributed by atoms with van der Waals surface area (Å²) in [5.74, 6) is 1.39. The topological polar surface area (TPSA) is 26.6 Å². The third-order valence-corrected chi connectivity index (χ3v) is 8.50. The van der Waals surface area contributed by atoms with Gasteiger partial charge in [-0.3, -0.25) is 3.96 Å². The maximum atomic E-state index is 6.11. The summed E-state index contributed by atoms with van der Waals surface area (Å²) in [5.41, 5.74) is 6.81.